The summed E-state index contributed by atoms with van der Waals surface area (Å²) in [6, 6.07) is 0. The first kappa shape index (κ1) is 13.9. The molecule has 7 heteroatoms. The van der Waals surface area contributed by atoms with Gasteiger partial charge in [-0.3, -0.25) is 0 Å². The monoisotopic (exact) mass is 418 g/mol. The number of hydrogen-bond donors (Lipinski definition) is 1. The molecule has 0 aromatic heterocycles. The van der Waals surface area contributed by atoms with Gasteiger partial charge in [-0.15, -0.1) is 0 Å². The predicted molar refractivity (Wildman–Crippen MR) is 65.1 cm³/mol. The van der Waals surface area contributed by atoms with Crippen LogP contribution >= 0.6 is 43.6 Å². The fourth-order valence-corrected chi connectivity index (χ4v) is 3.54. The maximum absolute atomic E-state index is 11.8. The molecule has 0 spiro atoms. The number of amides is 1. The molecule has 1 fully saturated rings. The molecule has 0 aromatic rings. The van der Waals surface area contributed by atoms with Crippen molar-refractivity contribution in [1.82, 2.24) is 0 Å². The zero-order chi connectivity index (χ0) is 10.3. The van der Waals surface area contributed by atoms with E-state index in [1.165, 1.54) is 0 Å². The van der Waals surface area contributed by atoms with E-state index in [9.17, 15) is 4.79 Å². The number of amidine groups is 1. The van der Waals surface area contributed by atoms with Crippen LogP contribution in [0.15, 0.2) is 15.2 Å². The van der Waals surface area contributed by atoms with Crippen molar-refractivity contribution >= 4 is 54.7 Å². The Balaban J connectivity index is 0.00000112. The Morgan fingerprint density at radius 3 is 2.93 bits per heavy atom. The third-order valence-corrected chi connectivity index (χ3v) is 5.57. The summed E-state index contributed by atoms with van der Waals surface area (Å²) >= 11 is 8.41. The zero-order valence-electron chi connectivity index (χ0n) is 7.89. The fourth-order valence-electron chi connectivity index (χ4n) is 1.45. The number of hydrogen-bond acceptors (Lipinski definition) is 3. The van der Waals surface area contributed by atoms with Gasteiger partial charge in [-0.25, -0.2) is 9.69 Å². The van der Waals surface area contributed by atoms with Crippen molar-refractivity contribution in [1.29, 1.82) is 0 Å². The second-order valence-electron chi connectivity index (χ2n) is 3.22. The Morgan fingerprint density at radius 1 is 1.67 bits per heavy atom. The average molecular weight is 421 g/mol. The minimum Gasteiger partial charge on any atom is -1.00 e. The number of halogens is 3. The van der Waals surface area contributed by atoms with E-state index in [1.54, 1.807) is 11.8 Å². The van der Waals surface area contributed by atoms with Gasteiger partial charge in [0.1, 0.15) is 11.0 Å². The molecule has 0 bridgehead atoms. The first-order chi connectivity index (χ1) is 6.63. The topological polar surface area (TPSA) is 33.9 Å². The molecule has 2 heterocycles. The van der Waals surface area contributed by atoms with Crippen LogP contribution in [0.4, 0.5) is 0 Å². The second kappa shape index (κ2) is 5.44. The van der Waals surface area contributed by atoms with Crippen LogP contribution in [0.5, 0.6) is 0 Å². The van der Waals surface area contributed by atoms with E-state index in [2.05, 4.69) is 36.9 Å². The second-order valence-corrected chi connectivity index (χ2v) is 5.95. The van der Waals surface area contributed by atoms with Crippen LogP contribution in [0.3, 0.4) is 0 Å². The molecule has 1 saturated heterocycles. The van der Waals surface area contributed by atoms with Crippen molar-refractivity contribution in [3.63, 3.8) is 0 Å². The standard InChI is InChI=1S/C8H8Br2N2OS.BrH/c1-4-6(10)7(13)12-3-5(2-9)14-8(12)11-4;/h5H,2-3H2,1H3;1H. The number of quaternary nitrogens is 1. The number of carbonyl (C=O) groups excluding carboxylic acids is 1. The molecule has 15 heavy (non-hydrogen) atoms. The minimum atomic E-state index is 0. The van der Waals surface area contributed by atoms with Gasteiger partial charge in [-0.1, -0.05) is 15.9 Å². The van der Waals surface area contributed by atoms with Crippen molar-refractivity contribution in [2.75, 3.05) is 11.9 Å². The smallest absolute Gasteiger partial charge is 0.359 e. The molecule has 0 radical (unpaired) electrons. The van der Waals surface area contributed by atoms with Crippen molar-refractivity contribution in [2.24, 2.45) is 4.99 Å². The molecule has 1 N–H and O–H groups in total. The lowest BCUT2D eigenvalue weighted by atomic mass is 10.3. The summed E-state index contributed by atoms with van der Waals surface area (Å²) in [6.45, 7) is 2.68. The number of rotatable bonds is 1. The van der Waals surface area contributed by atoms with E-state index >= 15 is 0 Å². The normalized spacial score (nSPS) is 29.8. The van der Waals surface area contributed by atoms with Gasteiger partial charge >= 0.3 is 5.91 Å². The summed E-state index contributed by atoms with van der Waals surface area (Å²) < 4.78 is 0.618. The summed E-state index contributed by atoms with van der Waals surface area (Å²) in [6.07, 6.45) is 0. The number of nitrogens with zero attached hydrogens (tertiary/aromatic N) is 1. The Kier molecular flexibility index (Phi) is 5.04. The van der Waals surface area contributed by atoms with E-state index in [0.717, 1.165) is 27.6 Å². The third-order valence-electron chi connectivity index (χ3n) is 2.20. The largest absolute Gasteiger partial charge is 1.00 e. The van der Waals surface area contributed by atoms with Crippen molar-refractivity contribution in [3.05, 3.63) is 10.2 Å². The molecule has 2 unspecified atom stereocenters. The Morgan fingerprint density at radius 2 is 2.33 bits per heavy atom. The van der Waals surface area contributed by atoms with Gasteiger partial charge in [0.2, 0.25) is 0 Å². The maximum Gasteiger partial charge on any atom is 0.359 e. The van der Waals surface area contributed by atoms with Crippen LogP contribution in [0.25, 0.3) is 0 Å². The molecule has 1 amide bonds. The fraction of sp³-hybridized carbons (Fsp3) is 0.500. The number of nitrogens with one attached hydrogen (secondary N) is 1. The molecule has 3 nitrogen and oxygen atoms in total. The number of thioether (sulfide) groups is 1. The molecule has 2 atom stereocenters. The predicted octanol–water partition coefficient (Wildman–Crippen LogP) is -2.09. The molecule has 0 aromatic carbocycles. The number of allylic oxidation sites excluding steroid dienone is 1. The highest BCUT2D eigenvalue weighted by atomic mass is 79.9. The lowest BCUT2D eigenvalue weighted by Crippen LogP contribution is -3.15. The van der Waals surface area contributed by atoms with E-state index in [4.69, 9.17) is 0 Å². The number of fused-ring (bicyclic) bond motifs is 1. The van der Waals surface area contributed by atoms with Gasteiger partial charge in [0.25, 0.3) is 5.17 Å². The van der Waals surface area contributed by atoms with Crippen molar-refractivity contribution in [2.45, 2.75) is 12.2 Å². The Labute approximate surface area is 120 Å². The Bertz CT molecular complexity index is 356. The summed E-state index contributed by atoms with van der Waals surface area (Å²) in [7, 11) is 0. The van der Waals surface area contributed by atoms with E-state index < -0.39 is 0 Å². The van der Waals surface area contributed by atoms with Gasteiger partial charge < -0.3 is 17.0 Å². The van der Waals surface area contributed by atoms with Crippen LogP contribution in [0, 0.1) is 0 Å². The molecule has 84 valence electrons. The molecule has 2 rings (SSSR count). The summed E-state index contributed by atoms with van der Waals surface area (Å²) in [4.78, 5) is 17.1. The average Bonchev–Trinajstić information content (AvgIpc) is 2.57. The van der Waals surface area contributed by atoms with Gasteiger partial charge in [0, 0.05) is 5.33 Å². The lowest BCUT2D eigenvalue weighted by molar-refractivity contribution is -0.709. The van der Waals surface area contributed by atoms with Gasteiger partial charge in [0.15, 0.2) is 0 Å². The minimum absolute atomic E-state index is 0. The summed E-state index contributed by atoms with van der Waals surface area (Å²) in [5, 5.41) is 2.28. The van der Waals surface area contributed by atoms with E-state index in [1.807, 2.05) is 6.92 Å². The quantitative estimate of drug-likeness (QED) is 0.494. The maximum atomic E-state index is 11.8. The number of aliphatic imine (C=N–C) groups is 1. The number of alkyl halides is 1. The SMILES string of the molecule is CC1=C(Br)C(=O)[NH+]2CC(CBr)SC2=N1.[Br-]. The molecule has 2 aliphatic rings. The van der Waals surface area contributed by atoms with Crippen molar-refractivity contribution < 1.29 is 26.7 Å². The highest BCUT2D eigenvalue weighted by molar-refractivity contribution is 9.12. The summed E-state index contributed by atoms with van der Waals surface area (Å²) in [5.41, 5.74) is 0.788. The molecular weight excluding hydrogens is 412 g/mol. The molecule has 0 aliphatic carbocycles. The number of carbonyl (C=O) groups is 1. The van der Waals surface area contributed by atoms with Gasteiger partial charge in [0.05, 0.1) is 10.9 Å². The van der Waals surface area contributed by atoms with E-state index in [0.29, 0.717) is 9.73 Å². The van der Waals surface area contributed by atoms with Crippen molar-refractivity contribution in [3.8, 4) is 0 Å². The summed E-state index contributed by atoms with van der Waals surface area (Å²) in [5.74, 6) is 0.114. The van der Waals surface area contributed by atoms with Gasteiger partial charge in [-0.2, -0.15) is 4.99 Å². The van der Waals surface area contributed by atoms with Gasteiger partial charge in [-0.05, 0) is 34.6 Å². The Hall–Kier alpha value is 0.830. The van der Waals surface area contributed by atoms with Crippen LogP contribution in [-0.4, -0.2) is 28.2 Å². The molecular formula is C8H9Br3N2OS. The first-order valence-electron chi connectivity index (χ1n) is 4.22. The highest BCUT2D eigenvalue weighted by Crippen LogP contribution is 2.23. The van der Waals surface area contributed by atoms with Crippen LogP contribution in [0.2, 0.25) is 0 Å². The molecule has 0 saturated carbocycles. The lowest BCUT2D eigenvalue weighted by Gasteiger charge is -2.13. The van der Waals surface area contributed by atoms with E-state index in [-0.39, 0.29) is 22.9 Å². The first-order valence-corrected chi connectivity index (χ1v) is 7.01. The third kappa shape index (κ3) is 2.57. The van der Waals surface area contributed by atoms with Crippen LogP contribution < -0.4 is 21.9 Å². The zero-order valence-corrected chi connectivity index (χ0v) is 13.5. The van der Waals surface area contributed by atoms with Crippen LogP contribution in [0.1, 0.15) is 6.92 Å². The molecule has 2 aliphatic heterocycles. The highest BCUT2D eigenvalue weighted by Gasteiger charge is 2.42. The van der Waals surface area contributed by atoms with Crippen LogP contribution in [-0.2, 0) is 4.79 Å².